The maximum Gasteiger partial charge on any atom is 0.275 e. The van der Waals surface area contributed by atoms with Crippen molar-refractivity contribution in [3.05, 3.63) is 40.7 Å². The van der Waals surface area contributed by atoms with Crippen molar-refractivity contribution >= 4 is 11.4 Å². The second-order valence-electron chi connectivity index (χ2n) is 3.47. The molecule has 0 bridgehead atoms. The molecule has 2 rings (SSSR count). The van der Waals surface area contributed by atoms with E-state index in [0.717, 1.165) is 0 Å². The molecule has 0 spiro atoms. The van der Waals surface area contributed by atoms with Crippen LogP contribution >= 0.6 is 0 Å². The van der Waals surface area contributed by atoms with Gasteiger partial charge in [0.25, 0.3) is 5.69 Å². The minimum absolute atomic E-state index is 0.108. The largest absolute Gasteiger partial charge is 0.454 e. The number of ether oxygens (including phenoxy) is 1. The van der Waals surface area contributed by atoms with Gasteiger partial charge in [-0.15, -0.1) is 0 Å². The number of nitrogens with two attached hydrogens (primary N) is 1. The van der Waals surface area contributed by atoms with Crippen LogP contribution in [0.3, 0.4) is 0 Å². The Morgan fingerprint density at radius 1 is 1.41 bits per heavy atom. The van der Waals surface area contributed by atoms with E-state index in [4.69, 9.17) is 10.5 Å². The monoisotopic (exact) mass is 234 g/mol. The number of rotatable bonds is 3. The van der Waals surface area contributed by atoms with Gasteiger partial charge in [-0.05, 0) is 0 Å². The zero-order valence-corrected chi connectivity index (χ0v) is 9.03. The summed E-state index contributed by atoms with van der Waals surface area (Å²) in [5, 5.41) is 14.6. The number of anilines is 1. The van der Waals surface area contributed by atoms with E-state index >= 15 is 0 Å². The molecule has 7 nitrogen and oxygen atoms in total. The number of nitro groups is 1. The van der Waals surface area contributed by atoms with Crippen LogP contribution < -0.4 is 10.5 Å². The number of hydrogen-bond acceptors (Lipinski definition) is 5. The average Bonchev–Trinajstić information content (AvgIpc) is 2.63. The van der Waals surface area contributed by atoms with Crippen molar-refractivity contribution in [3.8, 4) is 11.5 Å². The van der Waals surface area contributed by atoms with Crippen LogP contribution in [-0.4, -0.2) is 14.7 Å². The van der Waals surface area contributed by atoms with Crippen LogP contribution in [0.1, 0.15) is 0 Å². The topological polar surface area (TPSA) is 96.2 Å². The summed E-state index contributed by atoms with van der Waals surface area (Å²) >= 11 is 0. The average molecular weight is 234 g/mol. The van der Waals surface area contributed by atoms with E-state index in [9.17, 15) is 10.1 Å². The van der Waals surface area contributed by atoms with Crippen LogP contribution in [0.2, 0.25) is 0 Å². The Hall–Kier alpha value is -2.57. The van der Waals surface area contributed by atoms with Crippen molar-refractivity contribution in [2.24, 2.45) is 7.05 Å². The van der Waals surface area contributed by atoms with E-state index in [2.05, 4.69) is 5.10 Å². The van der Waals surface area contributed by atoms with Gasteiger partial charge < -0.3 is 10.5 Å². The lowest BCUT2D eigenvalue weighted by atomic mass is 10.2. The molecule has 1 heterocycles. The summed E-state index contributed by atoms with van der Waals surface area (Å²) in [6, 6.07) is 4.10. The predicted octanol–water partition coefficient (Wildman–Crippen LogP) is 1.70. The second-order valence-corrected chi connectivity index (χ2v) is 3.47. The fraction of sp³-hybridized carbons (Fsp3) is 0.100. The van der Waals surface area contributed by atoms with Gasteiger partial charge in [-0.25, -0.2) is 0 Å². The summed E-state index contributed by atoms with van der Waals surface area (Å²) < 4.78 is 6.97. The molecule has 0 radical (unpaired) electrons. The van der Waals surface area contributed by atoms with Gasteiger partial charge in [0.2, 0.25) is 0 Å². The molecule has 7 heteroatoms. The smallest absolute Gasteiger partial charge is 0.275 e. The Morgan fingerprint density at radius 3 is 2.76 bits per heavy atom. The first-order chi connectivity index (χ1) is 8.04. The highest BCUT2D eigenvalue weighted by Crippen LogP contribution is 2.27. The van der Waals surface area contributed by atoms with Crippen molar-refractivity contribution in [2.75, 3.05) is 5.73 Å². The maximum absolute atomic E-state index is 10.6. The van der Waals surface area contributed by atoms with Crippen molar-refractivity contribution in [1.29, 1.82) is 0 Å². The van der Waals surface area contributed by atoms with Gasteiger partial charge in [-0.3, -0.25) is 14.8 Å². The van der Waals surface area contributed by atoms with Crippen LogP contribution in [0.4, 0.5) is 11.4 Å². The summed E-state index contributed by atoms with van der Waals surface area (Å²) in [6.07, 6.45) is 3.16. The number of hydrogen-bond donors (Lipinski definition) is 1. The molecule has 2 N–H and O–H groups in total. The van der Waals surface area contributed by atoms with E-state index < -0.39 is 4.92 Å². The third-order valence-corrected chi connectivity index (χ3v) is 2.04. The summed E-state index contributed by atoms with van der Waals surface area (Å²) in [4.78, 5) is 10.1. The first-order valence-corrected chi connectivity index (χ1v) is 4.76. The number of nitrogen functional groups attached to an aromatic ring is 1. The SMILES string of the molecule is Cn1cc(Oc2cc(N)cc([N+](=O)[O-])c2)cn1. The van der Waals surface area contributed by atoms with Crippen LogP contribution in [0.5, 0.6) is 11.5 Å². The quantitative estimate of drug-likeness (QED) is 0.495. The molecule has 1 aromatic carbocycles. The molecule has 1 aromatic heterocycles. The Kier molecular flexibility index (Phi) is 2.65. The number of benzene rings is 1. The highest BCUT2D eigenvalue weighted by Gasteiger charge is 2.10. The second kappa shape index (κ2) is 4.12. The summed E-state index contributed by atoms with van der Waals surface area (Å²) in [5.41, 5.74) is 5.72. The lowest BCUT2D eigenvalue weighted by Crippen LogP contribution is -1.93. The van der Waals surface area contributed by atoms with Gasteiger partial charge in [-0.1, -0.05) is 0 Å². The molecule has 88 valence electrons. The maximum atomic E-state index is 10.6. The van der Waals surface area contributed by atoms with Crippen LogP contribution in [0.15, 0.2) is 30.6 Å². The predicted molar refractivity (Wildman–Crippen MR) is 60.8 cm³/mol. The number of non-ortho nitro benzene ring substituents is 1. The van der Waals surface area contributed by atoms with E-state index in [1.165, 1.54) is 24.4 Å². The zero-order chi connectivity index (χ0) is 12.4. The molecule has 0 saturated carbocycles. The van der Waals surface area contributed by atoms with E-state index in [1.54, 1.807) is 17.9 Å². The molecule has 0 aliphatic rings. The van der Waals surface area contributed by atoms with Gasteiger partial charge in [-0.2, -0.15) is 5.10 Å². The molecular formula is C10H10N4O3. The molecule has 0 aliphatic carbocycles. The van der Waals surface area contributed by atoms with Gasteiger partial charge in [0.05, 0.1) is 23.4 Å². The molecule has 0 fully saturated rings. The molecule has 2 aromatic rings. The summed E-state index contributed by atoms with van der Waals surface area (Å²) in [6.45, 7) is 0. The first-order valence-electron chi connectivity index (χ1n) is 4.76. The molecule has 0 aliphatic heterocycles. The Bertz CT molecular complexity index is 564. The highest BCUT2D eigenvalue weighted by molar-refractivity contribution is 5.54. The van der Waals surface area contributed by atoms with Gasteiger partial charge in [0, 0.05) is 24.9 Å². The van der Waals surface area contributed by atoms with Crippen molar-refractivity contribution in [3.63, 3.8) is 0 Å². The fourth-order valence-electron chi connectivity index (χ4n) is 1.36. The fourth-order valence-corrected chi connectivity index (χ4v) is 1.36. The summed E-state index contributed by atoms with van der Waals surface area (Å²) in [7, 11) is 1.74. The number of nitrogens with zero attached hydrogens (tertiary/aromatic N) is 3. The number of aryl methyl sites for hydroxylation is 1. The zero-order valence-electron chi connectivity index (χ0n) is 9.03. The van der Waals surface area contributed by atoms with Crippen LogP contribution in [0, 0.1) is 10.1 Å². The Labute approximate surface area is 96.6 Å². The molecular weight excluding hydrogens is 224 g/mol. The van der Waals surface area contributed by atoms with E-state index in [1.807, 2.05) is 0 Å². The van der Waals surface area contributed by atoms with Crippen molar-refractivity contribution in [1.82, 2.24) is 9.78 Å². The minimum Gasteiger partial charge on any atom is -0.454 e. The number of nitro benzene ring substituents is 1. The molecule has 0 saturated heterocycles. The van der Waals surface area contributed by atoms with Crippen molar-refractivity contribution in [2.45, 2.75) is 0 Å². The Morgan fingerprint density at radius 2 is 2.18 bits per heavy atom. The molecule has 0 atom stereocenters. The van der Waals surface area contributed by atoms with E-state index in [-0.39, 0.29) is 11.4 Å². The molecule has 0 amide bonds. The molecule has 17 heavy (non-hydrogen) atoms. The third-order valence-electron chi connectivity index (χ3n) is 2.04. The third kappa shape index (κ3) is 2.51. The van der Waals surface area contributed by atoms with Gasteiger partial charge >= 0.3 is 0 Å². The van der Waals surface area contributed by atoms with Gasteiger partial charge in [0.1, 0.15) is 5.75 Å². The highest BCUT2D eigenvalue weighted by atomic mass is 16.6. The Balaban J connectivity index is 2.29. The first kappa shape index (κ1) is 10.9. The molecule has 0 unspecified atom stereocenters. The van der Waals surface area contributed by atoms with Crippen LogP contribution in [0.25, 0.3) is 0 Å². The normalized spacial score (nSPS) is 10.2. The minimum atomic E-state index is -0.521. The lowest BCUT2D eigenvalue weighted by molar-refractivity contribution is -0.384. The van der Waals surface area contributed by atoms with Gasteiger partial charge in [0.15, 0.2) is 5.75 Å². The van der Waals surface area contributed by atoms with E-state index in [0.29, 0.717) is 11.5 Å². The summed E-state index contributed by atoms with van der Waals surface area (Å²) in [5.74, 6) is 0.803. The lowest BCUT2D eigenvalue weighted by Gasteiger charge is -2.03. The number of aromatic nitrogens is 2. The standard InChI is InChI=1S/C10H10N4O3/c1-13-6-10(5-12-13)17-9-3-7(11)2-8(4-9)14(15)16/h2-6H,11H2,1H3. The van der Waals surface area contributed by atoms with Crippen molar-refractivity contribution < 1.29 is 9.66 Å². The van der Waals surface area contributed by atoms with Crippen LogP contribution in [-0.2, 0) is 7.05 Å².